The highest BCUT2D eigenvalue weighted by Gasteiger charge is 2.09. The van der Waals surface area contributed by atoms with E-state index in [1.807, 2.05) is 0 Å². The van der Waals surface area contributed by atoms with Crippen molar-refractivity contribution in [1.29, 1.82) is 0 Å². The molecule has 0 aliphatic heterocycles. The number of benzene rings is 3. The minimum Gasteiger partial charge on any atom is -0.478 e. The van der Waals surface area contributed by atoms with Gasteiger partial charge in [0.25, 0.3) is 11.8 Å². The number of aryl methyl sites for hydroxylation is 3. The average molecular weight is 775 g/mol. The molecule has 292 valence electrons. The predicted octanol–water partition coefficient (Wildman–Crippen LogP) is 0.979. The number of aromatic carboxylic acids is 1. The maximum Gasteiger partial charge on any atom is 0.335 e. The molecule has 21 nitrogen and oxygen atoms in total. The molecule has 3 aromatic heterocycles. The minimum atomic E-state index is -0.965. The molecule has 6 rings (SSSR count). The zero-order valence-corrected chi connectivity index (χ0v) is 31.3. The largest absolute Gasteiger partial charge is 0.478 e. The Labute approximate surface area is 325 Å². The topological polar surface area (TPSA) is 305 Å². The van der Waals surface area contributed by atoms with Gasteiger partial charge in [0.05, 0.1) is 5.56 Å². The summed E-state index contributed by atoms with van der Waals surface area (Å²) in [5, 5.41) is 63.1. The highest BCUT2D eigenvalue weighted by Crippen LogP contribution is 2.16. The predicted molar refractivity (Wildman–Crippen MR) is 203 cm³/mol. The van der Waals surface area contributed by atoms with Crippen LogP contribution in [0, 0.1) is 20.8 Å². The van der Waals surface area contributed by atoms with Crippen LogP contribution >= 0.6 is 0 Å². The van der Waals surface area contributed by atoms with E-state index in [4.69, 9.17) is 10.8 Å². The van der Waals surface area contributed by atoms with Gasteiger partial charge in [-0.2, -0.15) is 0 Å². The van der Waals surface area contributed by atoms with E-state index >= 15 is 0 Å². The maximum absolute atomic E-state index is 11.9. The van der Waals surface area contributed by atoms with Crippen molar-refractivity contribution < 1.29 is 24.3 Å². The summed E-state index contributed by atoms with van der Waals surface area (Å²) >= 11 is 0. The first-order chi connectivity index (χ1) is 27.4. The number of carbonyl (C=O) groups is 4. The van der Waals surface area contributed by atoms with Crippen LogP contribution in [0.15, 0.2) is 72.8 Å². The van der Waals surface area contributed by atoms with Crippen molar-refractivity contribution in [3.8, 4) is 34.2 Å². The molecule has 3 aromatic carbocycles. The number of nitrogens with one attached hydrogen (secondary N) is 3. The summed E-state index contributed by atoms with van der Waals surface area (Å²) in [6.45, 7) is 8.18. The molecule has 3 heterocycles. The molecule has 21 heteroatoms. The number of carboxylic acid groups (broad SMARTS) is 1. The highest BCUT2D eigenvalue weighted by molar-refractivity contribution is 5.95. The van der Waals surface area contributed by atoms with E-state index in [1.165, 1.54) is 19.1 Å². The molecule has 0 bridgehead atoms. The SMILES string of the molecule is CC(=O)NCCNC(=O)c1ccc(-c2nnc(C)nn2)cc1.Cc1nnc(-c2ccc(C(=O)NCCN)cc2)nn1.Cc1nnc(-c2ccc(C(=O)O)cc2)nn1. The minimum absolute atomic E-state index is 0.126. The molecule has 0 saturated heterocycles. The van der Waals surface area contributed by atoms with Gasteiger partial charge < -0.3 is 26.8 Å². The number of amides is 3. The summed E-state index contributed by atoms with van der Waals surface area (Å²) in [5.74, 6) is 1.26. The Morgan fingerprint density at radius 3 is 1.07 bits per heavy atom. The fourth-order valence-electron chi connectivity index (χ4n) is 4.29. The van der Waals surface area contributed by atoms with E-state index in [0.717, 1.165) is 11.1 Å². The van der Waals surface area contributed by atoms with E-state index in [2.05, 4.69) is 77.1 Å². The number of aromatic nitrogens is 12. The Bertz CT molecular complexity index is 2220. The van der Waals surface area contributed by atoms with Crippen LogP contribution in [0.4, 0.5) is 0 Å². The van der Waals surface area contributed by atoms with E-state index in [9.17, 15) is 19.2 Å². The first-order valence-electron chi connectivity index (χ1n) is 17.1. The molecule has 0 saturated carbocycles. The molecule has 0 radical (unpaired) electrons. The molecular weight excluding hydrogens is 737 g/mol. The van der Waals surface area contributed by atoms with Crippen molar-refractivity contribution in [3.63, 3.8) is 0 Å². The van der Waals surface area contributed by atoms with Crippen molar-refractivity contribution >= 4 is 23.7 Å². The van der Waals surface area contributed by atoms with Gasteiger partial charge in [-0.15, -0.1) is 61.2 Å². The van der Waals surface area contributed by atoms with Crippen LogP contribution in [0.25, 0.3) is 34.2 Å². The zero-order valence-electron chi connectivity index (χ0n) is 31.3. The summed E-state index contributed by atoms with van der Waals surface area (Å²) < 4.78 is 0. The first kappa shape index (κ1) is 42.1. The lowest BCUT2D eigenvalue weighted by atomic mass is 10.1. The van der Waals surface area contributed by atoms with Crippen LogP contribution in [0.1, 0.15) is 55.5 Å². The first-order valence-corrected chi connectivity index (χ1v) is 17.1. The molecule has 57 heavy (non-hydrogen) atoms. The second-order valence-corrected chi connectivity index (χ2v) is 11.6. The van der Waals surface area contributed by atoms with Crippen molar-refractivity contribution in [2.75, 3.05) is 26.2 Å². The van der Waals surface area contributed by atoms with Crippen molar-refractivity contribution in [3.05, 3.63) is 107 Å². The van der Waals surface area contributed by atoms with Gasteiger partial charge >= 0.3 is 5.97 Å². The quantitative estimate of drug-likeness (QED) is 0.115. The Hall–Kier alpha value is -7.68. The van der Waals surface area contributed by atoms with Crippen LogP contribution in [0.5, 0.6) is 0 Å². The number of carbonyl (C=O) groups excluding carboxylic acids is 3. The Balaban J connectivity index is 0.000000192. The number of nitrogens with two attached hydrogens (primary N) is 1. The maximum atomic E-state index is 11.9. The van der Waals surface area contributed by atoms with Crippen LogP contribution in [0.3, 0.4) is 0 Å². The molecule has 0 unspecified atom stereocenters. The number of hydrogen-bond donors (Lipinski definition) is 5. The van der Waals surface area contributed by atoms with E-state index in [0.29, 0.717) is 77.8 Å². The van der Waals surface area contributed by atoms with Crippen molar-refractivity contribution in [2.24, 2.45) is 5.73 Å². The Morgan fingerprint density at radius 1 is 0.474 bits per heavy atom. The monoisotopic (exact) mass is 774 g/mol. The van der Waals surface area contributed by atoms with Crippen molar-refractivity contribution in [2.45, 2.75) is 27.7 Å². The van der Waals surface area contributed by atoms with Crippen LogP contribution < -0.4 is 21.7 Å². The third kappa shape index (κ3) is 13.6. The van der Waals surface area contributed by atoms with Gasteiger partial charge in [-0.25, -0.2) is 4.79 Å². The molecule has 0 atom stereocenters. The molecule has 3 amide bonds. The van der Waals surface area contributed by atoms with Crippen LogP contribution in [-0.2, 0) is 4.79 Å². The summed E-state index contributed by atoms with van der Waals surface area (Å²) in [7, 11) is 0. The molecule has 0 aliphatic rings. The molecular formula is C36H38N16O5. The lowest BCUT2D eigenvalue weighted by Gasteiger charge is -2.06. The van der Waals surface area contributed by atoms with Gasteiger partial charge in [0.15, 0.2) is 17.5 Å². The molecule has 0 aliphatic carbocycles. The van der Waals surface area contributed by atoms with Crippen LogP contribution in [0.2, 0.25) is 0 Å². The fraction of sp³-hybridized carbons (Fsp3) is 0.222. The second kappa shape index (κ2) is 21.3. The highest BCUT2D eigenvalue weighted by atomic mass is 16.4. The standard InChI is InChI=1S/C14H16N6O2.C12H14N6O.C10H8N4O2/c1-9-17-19-13(20-18-9)11-3-5-12(6-4-11)14(22)16-8-7-15-10(2)21;1-8-15-17-11(18-16-8)9-2-4-10(5-3-9)12(19)14-7-6-13;1-6-11-13-9(14-12-6)7-2-4-8(5-3-7)10(15)16/h3-6H,7-8H2,1-2H3,(H,15,21)(H,16,22);2-5H,6-7,13H2,1H3,(H,14,19);2-5H,1H3,(H,15,16). The zero-order chi connectivity index (χ0) is 41.2. The van der Waals surface area contributed by atoms with Gasteiger partial charge in [-0.1, -0.05) is 36.4 Å². The smallest absolute Gasteiger partial charge is 0.335 e. The summed E-state index contributed by atoms with van der Waals surface area (Å²) in [6.07, 6.45) is 0. The van der Waals surface area contributed by atoms with Gasteiger partial charge in [0.2, 0.25) is 23.4 Å². The van der Waals surface area contributed by atoms with Gasteiger partial charge in [-0.05, 0) is 57.2 Å². The second-order valence-electron chi connectivity index (χ2n) is 11.6. The number of rotatable bonds is 11. The van der Waals surface area contributed by atoms with E-state index in [1.54, 1.807) is 81.4 Å². The average Bonchev–Trinajstić information content (AvgIpc) is 3.23. The molecule has 6 aromatic rings. The number of hydrogen-bond acceptors (Lipinski definition) is 17. The van der Waals surface area contributed by atoms with Gasteiger partial charge in [0.1, 0.15) is 0 Å². The summed E-state index contributed by atoms with van der Waals surface area (Å²) in [6, 6.07) is 19.9. The third-order valence-electron chi connectivity index (χ3n) is 7.15. The van der Waals surface area contributed by atoms with E-state index < -0.39 is 5.97 Å². The lowest BCUT2D eigenvalue weighted by molar-refractivity contribution is -0.118. The van der Waals surface area contributed by atoms with Gasteiger partial charge in [0, 0.05) is 60.9 Å². The third-order valence-corrected chi connectivity index (χ3v) is 7.15. The number of nitrogens with zero attached hydrogens (tertiary/aromatic N) is 12. The Morgan fingerprint density at radius 2 is 0.772 bits per heavy atom. The number of carboxylic acids is 1. The fourth-order valence-corrected chi connectivity index (χ4v) is 4.29. The van der Waals surface area contributed by atoms with Crippen molar-refractivity contribution in [1.82, 2.24) is 77.1 Å². The summed E-state index contributed by atoms with van der Waals surface area (Å²) in [5.41, 5.74) is 8.79. The van der Waals surface area contributed by atoms with Gasteiger partial charge in [-0.3, -0.25) is 14.4 Å². The summed E-state index contributed by atoms with van der Waals surface area (Å²) in [4.78, 5) is 44.9. The molecule has 6 N–H and O–H groups in total. The van der Waals surface area contributed by atoms with E-state index in [-0.39, 0.29) is 23.3 Å². The lowest BCUT2D eigenvalue weighted by Crippen LogP contribution is -2.33. The normalized spacial score (nSPS) is 10.1. The Kier molecular flexibility index (Phi) is 15.7. The molecule has 0 spiro atoms. The molecule has 0 fully saturated rings. The van der Waals surface area contributed by atoms with Crippen LogP contribution in [-0.4, -0.2) is 116 Å².